The van der Waals surface area contributed by atoms with Gasteiger partial charge in [0.15, 0.2) is 0 Å². The molecule has 1 N–H and O–H groups in total. The van der Waals surface area contributed by atoms with E-state index < -0.39 is 5.41 Å². The first kappa shape index (κ1) is 33.0. The maximum absolute atomic E-state index is 11.9. The van der Waals surface area contributed by atoms with Gasteiger partial charge in [0.25, 0.3) is 0 Å². The van der Waals surface area contributed by atoms with Crippen LogP contribution in [0.1, 0.15) is 85.5 Å². The number of carbonyl (C=O) groups is 3. The number of nitrogens with one attached hydrogen (secondary N) is 1. The predicted molar refractivity (Wildman–Crippen MR) is 150 cm³/mol. The van der Waals surface area contributed by atoms with Gasteiger partial charge >= 0.3 is 5.97 Å². The number of carbonyl (C=O) groups excluding carboxylic acids is 3. The zero-order chi connectivity index (χ0) is 26.9. The molecule has 0 atom stereocenters. The molecule has 0 aliphatic heterocycles. The molecule has 0 heterocycles. The summed E-state index contributed by atoms with van der Waals surface area (Å²) >= 11 is 0. The molecule has 0 saturated heterocycles. The van der Waals surface area contributed by atoms with Crippen LogP contribution in [0.4, 0.5) is 0 Å². The summed E-state index contributed by atoms with van der Waals surface area (Å²) in [7, 11) is 0. The second-order valence-electron chi connectivity index (χ2n) is 9.42. The number of amides is 1. The minimum atomic E-state index is -0.464. The second-order valence-corrected chi connectivity index (χ2v) is 9.42. The van der Waals surface area contributed by atoms with Crippen LogP contribution < -0.4 is 5.32 Å². The van der Waals surface area contributed by atoms with Crippen LogP contribution in [0, 0.1) is 5.41 Å². The molecule has 0 aromatic carbocycles. The van der Waals surface area contributed by atoms with Gasteiger partial charge in [0.1, 0.15) is 5.78 Å². The quantitative estimate of drug-likeness (QED) is 0.143. The summed E-state index contributed by atoms with van der Waals surface area (Å²) in [6, 6.07) is 0. The topological polar surface area (TPSA) is 72.5 Å². The molecule has 0 saturated carbocycles. The highest BCUT2D eigenvalue weighted by Crippen LogP contribution is 2.20. The lowest BCUT2D eigenvalue weighted by Crippen LogP contribution is -2.32. The maximum atomic E-state index is 11.9. The molecule has 0 aromatic heterocycles. The van der Waals surface area contributed by atoms with Gasteiger partial charge in [0.05, 0.1) is 13.0 Å². The molecular weight excluding hydrogens is 450 g/mol. The molecule has 0 radical (unpaired) electrons. The lowest BCUT2D eigenvalue weighted by molar-refractivity contribution is -0.146. The molecule has 0 spiro atoms. The van der Waals surface area contributed by atoms with Crippen molar-refractivity contribution in [1.29, 1.82) is 0 Å². The summed E-state index contributed by atoms with van der Waals surface area (Å²) in [5.41, 5.74) is -0.464. The Bertz CT molecular complexity index is 797. The van der Waals surface area contributed by atoms with Gasteiger partial charge in [0.2, 0.25) is 5.91 Å². The third-order valence-electron chi connectivity index (χ3n) is 4.94. The third kappa shape index (κ3) is 24.2. The summed E-state index contributed by atoms with van der Waals surface area (Å²) in [5.74, 6) is -0.410. The highest BCUT2D eigenvalue weighted by Gasteiger charge is 2.23. The van der Waals surface area contributed by atoms with Crippen molar-refractivity contribution >= 4 is 17.7 Å². The fourth-order valence-electron chi connectivity index (χ4n) is 2.96. The van der Waals surface area contributed by atoms with Gasteiger partial charge in [-0.15, -0.1) is 0 Å². The number of hydrogen-bond acceptors (Lipinski definition) is 4. The van der Waals surface area contributed by atoms with Crippen molar-refractivity contribution in [3.63, 3.8) is 0 Å². The van der Waals surface area contributed by atoms with Crippen LogP contribution in [0.2, 0.25) is 0 Å². The van der Waals surface area contributed by atoms with Crippen LogP contribution in [0.3, 0.4) is 0 Å². The van der Waals surface area contributed by atoms with Crippen molar-refractivity contribution in [3.8, 4) is 0 Å². The third-order valence-corrected chi connectivity index (χ3v) is 4.94. The van der Waals surface area contributed by atoms with Crippen LogP contribution in [-0.2, 0) is 19.1 Å². The molecule has 36 heavy (non-hydrogen) atoms. The molecule has 0 unspecified atom stereocenters. The van der Waals surface area contributed by atoms with Gasteiger partial charge in [-0.2, -0.15) is 0 Å². The number of hydrogen-bond donors (Lipinski definition) is 1. The standard InChI is InChI=1S/C31H47NO4/c1-5-6-7-8-9-10-11-12-13-14-15-16-17-18-19-20-21-22-23-30(35)36-27-31(3,4)26-29(34)32-25-24-28(2)33/h6-7,9-10,12-13,15-16,18-19,21-22H,5,8,11,14,17,20,23-27H2,1-4H3,(H,32,34)/b7-6-,10-9-,13-12-,16-15-,19-18-,22-21-. The van der Waals surface area contributed by atoms with E-state index in [0.29, 0.717) is 13.0 Å². The SMILES string of the molecule is CC/C=C\C/C=C\C/C=C\C/C=C\C/C=C\C/C=C\CC(=O)OCC(C)(C)CC(=O)NCCC(C)=O. The molecule has 5 heteroatoms. The lowest BCUT2D eigenvalue weighted by atomic mass is 9.90. The smallest absolute Gasteiger partial charge is 0.309 e. The molecule has 0 aliphatic rings. The first-order valence-corrected chi connectivity index (χ1v) is 13.1. The van der Waals surface area contributed by atoms with Crippen LogP contribution in [0.15, 0.2) is 72.9 Å². The summed E-state index contributed by atoms with van der Waals surface area (Å²) in [5, 5.41) is 2.72. The molecule has 0 fully saturated rings. The van der Waals surface area contributed by atoms with E-state index in [0.717, 1.165) is 38.5 Å². The number of ketones is 1. The number of rotatable bonds is 20. The maximum Gasteiger partial charge on any atom is 0.309 e. The summed E-state index contributed by atoms with van der Waals surface area (Å²) in [6.45, 7) is 7.90. The fraction of sp³-hybridized carbons (Fsp3) is 0.516. The number of esters is 1. The number of allylic oxidation sites excluding steroid dienone is 11. The molecule has 200 valence electrons. The van der Waals surface area contributed by atoms with Crippen molar-refractivity contribution in [2.24, 2.45) is 5.41 Å². The van der Waals surface area contributed by atoms with Gasteiger partial charge in [0, 0.05) is 24.8 Å². The van der Waals surface area contributed by atoms with Crippen molar-refractivity contribution in [3.05, 3.63) is 72.9 Å². The van der Waals surface area contributed by atoms with Gasteiger partial charge in [-0.05, 0) is 45.4 Å². The Morgan fingerprint density at radius 2 is 1.17 bits per heavy atom. The van der Waals surface area contributed by atoms with E-state index in [1.807, 2.05) is 26.0 Å². The highest BCUT2D eigenvalue weighted by molar-refractivity contribution is 5.79. The van der Waals surface area contributed by atoms with E-state index in [1.165, 1.54) is 6.92 Å². The Balaban J connectivity index is 3.87. The van der Waals surface area contributed by atoms with E-state index >= 15 is 0 Å². The lowest BCUT2D eigenvalue weighted by Gasteiger charge is -2.23. The Morgan fingerprint density at radius 3 is 1.61 bits per heavy atom. The molecule has 5 nitrogen and oxygen atoms in total. The summed E-state index contributed by atoms with van der Waals surface area (Å²) in [4.78, 5) is 34.8. The van der Waals surface area contributed by atoms with Gasteiger partial charge in [-0.1, -0.05) is 93.7 Å². The Labute approximate surface area is 219 Å². The summed E-state index contributed by atoms with van der Waals surface area (Å²) < 4.78 is 5.32. The van der Waals surface area contributed by atoms with Gasteiger partial charge < -0.3 is 10.1 Å². The van der Waals surface area contributed by atoms with Crippen LogP contribution >= 0.6 is 0 Å². The van der Waals surface area contributed by atoms with Crippen molar-refractivity contribution in [2.45, 2.75) is 85.5 Å². The second kappa shape index (κ2) is 22.5. The van der Waals surface area contributed by atoms with Gasteiger partial charge in [-0.25, -0.2) is 0 Å². The zero-order valence-electron chi connectivity index (χ0n) is 22.8. The van der Waals surface area contributed by atoms with Gasteiger partial charge in [-0.3, -0.25) is 14.4 Å². The molecule has 1 amide bonds. The van der Waals surface area contributed by atoms with Crippen LogP contribution in [0.25, 0.3) is 0 Å². The zero-order valence-corrected chi connectivity index (χ0v) is 22.8. The van der Waals surface area contributed by atoms with Crippen LogP contribution in [0.5, 0.6) is 0 Å². The average Bonchev–Trinajstić information content (AvgIpc) is 2.81. The van der Waals surface area contributed by atoms with E-state index in [1.54, 1.807) is 0 Å². The minimum Gasteiger partial charge on any atom is -0.465 e. The predicted octanol–water partition coefficient (Wildman–Crippen LogP) is 7.13. The Hall–Kier alpha value is -2.95. The molecule has 0 rings (SSSR count). The van der Waals surface area contributed by atoms with Crippen molar-refractivity contribution < 1.29 is 19.1 Å². The largest absolute Gasteiger partial charge is 0.465 e. The fourth-order valence-corrected chi connectivity index (χ4v) is 2.96. The van der Waals surface area contributed by atoms with E-state index in [4.69, 9.17) is 4.74 Å². The van der Waals surface area contributed by atoms with Crippen molar-refractivity contribution in [1.82, 2.24) is 5.32 Å². The van der Waals surface area contributed by atoms with Crippen LogP contribution in [-0.4, -0.2) is 30.8 Å². The highest BCUT2D eigenvalue weighted by atomic mass is 16.5. The van der Waals surface area contributed by atoms with Crippen molar-refractivity contribution in [2.75, 3.05) is 13.2 Å². The normalized spacial score (nSPS) is 12.8. The molecular formula is C31H47NO4. The Morgan fingerprint density at radius 1 is 0.722 bits per heavy atom. The first-order chi connectivity index (χ1) is 17.3. The minimum absolute atomic E-state index is 0.0397. The van der Waals surface area contributed by atoms with E-state index in [-0.39, 0.29) is 37.1 Å². The summed E-state index contributed by atoms with van der Waals surface area (Å²) in [6.07, 6.45) is 31.9. The first-order valence-electron chi connectivity index (χ1n) is 13.1. The average molecular weight is 498 g/mol. The Kier molecular flexibility index (Phi) is 20.7. The van der Waals surface area contributed by atoms with E-state index in [2.05, 4.69) is 73.0 Å². The molecule has 0 bridgehead atoms. The monoisotopic (exact) mass is 497 g/mol. The number of ether oxygens (including phenoxy) is 1. The van der Waals surface area contributed by atoms with E-state index in [9.17, 15) is 14.4 Å². The number of Topliss-reactive ketones (excluding diaryl/α,β-unsaturated/α-hetero) is 1. The molecule has 0 aromatic rings. The molecule has 0 aliphatic carbocycles.